The minimum Gasteiger partial charge on any atom is -0.453 e. The number of carbonyl (C=O) groups is 1. The highest BCUT2D eigenvalue weighted by atomic mass is 19.4. The molecule has 0 bridgehead atoms. The zero-order valence-electron chi connectivity index (χ0n) is 16.6. The van der Waals surface area contributed by atoms with E-state index in [1.807, 2.05) is 5.32 Å². The number of hydrogen-bond acceptors (Lipinski definition) is 4. The van der Waals surface area contributed by atoms with Crippen LogP contribution in [0.2, 0.25) is 0 Å². The Morgan fingerprint density at radius 3 is 2.23 bits per heavy atom. The number of aromatic nitrogens is 2. The Morgan fingerprint density at radius 2 is 1.67 bits per heavy atom. The molecule has 0 spiro atoms. The van der Waals surface area contributed by atoms with Gasteiger partial charge in [0.05, 0.1) is 18.5 Å². The number of halogens is 3. The van der Waals surface area contributed by atoms with E-state index in [9.17, 15) is 18.0 Å². The van der Waals surface area contributed by atoms with Gasteiger partial charge in [0.25, 0.3) is 0 Å². The Morgan fingerprint density at radius 1 is 1.03 bits per heavy atom. The lowest BCUT2D eigenvalue weighted by atomic mass is 9.97. The standard InChI is InChI=1S/C21H21F3N4O2/c1-14-9-11-16(12-10-14)20(21(22,23)24,26-19(29)30-3)25-18-13-15(2)27-28(18)17-7-5-4-6-8-17/h4-13,25H,1-3H3,(H,26,29). The fraction of sp³-hybridized carbons (Fsp3) is 0.238. The van der Waals surface area contributed by atoms with Crippen molar-refractivity contribution in [1.82, 2.24) is 15.1 Å². The van der Waals surface area contributed by atoms with Crippen molar-refractivity contribution in [1.29, 1.82) is 0 Å². The number of benzene rings is 2. The van der Waals surface area contributed by atoms with Gasteiger partial charge >= 0.3 is 12.3 Å². The minimum absolute atomic E-state index is 0.0491. The highest BCUT2D eigenvalue weighted by Gasteiger charge is 2.58. The SMILES string of the molecule is COC(=O)NC(Nc1cc(C)nn1-c1ccccc1)(c1ccc(C)cc1)C(F)(F)F. The van der Waals surface area contributed by atoms with Gasteiger partial charge in [-0.3, -0.25) is 5.32 Å². The summed E-state index contributed by atoms with van der Waals surface area (Å²) >= 11 is 0. The first-order valence-corrected chi connectivity index (χ1v) is 9.06. The van der Waals surface area contributed by atoms with Crippen molar-refractivity contribution in [2.75, 3.05) is 12.4 Å². The number of aryl methyl sites for hydroxylation is 2. The van der Waals surface area contributed by atoms with E-state index in [0.29, 0.717) is 11.4 Å². The smallest absolute Gasteiger partial charge is 0.435 e. The van der Waals surface area contributed by atoms with Gasteiger partial charge in [-0.25, -0.2) is 9.48 Å². The van der Waals surface area contributed by atoms with Crippen LogP contribution in [0.15, 0.2) is 60.7 Å². The van der Waals surface area contributed by atoms with Gasteiger partial charge in [-0.1, -0.05) is 48.0 Å². The Labute approximate surface area is 171 Å². The van der Waals surface area contributed by atoms with Crippen LogP contribution in [0.5, 0.6) is 0 Å². The first-order valence-electron chi connectivity index (χ1n) is 9.06. The number of methoxy groups -OCH3 is 1. The molecular formula is C21H21F3N4O2. The topological polar surface area (TPSA) is 68.2 Å². The van der Waals surface area contributed by atoms with E-state index in [-0.39, 0.29) is 11.4 Å². The molecular weight excluding hydrogens is 397 g/mol. The molecule has 158 valence electrons. The van der Waals surface area contributed by atoms with Crippen LogP contribution in [0.3, 0.4) is 0 Å². The van der Waals surface area contributed by atoms with Gasteiger partial charge in [0.1, 0.15) is 5.82 Å². The average Bonchev–Trinajstić information content (AvgIpc) is 3.07. The summed E-state index contributed by atoms with van der Waals surface area (Å²) in [5.74, 6) is 0.0491. The summed E-state index contributed by atoms with van der Waals surface area (Å²) < 4.78 is 49.4. The van der Waals surface area contributed by atoms with Crippen LogP contribution in [0, 0.1) is 13.8 Å². The Bertz CT molecular complexity index is 1020. The molecule has 6 nitrogen and oxygen atoms in total. The lowest BCUT2D eigenvalue weighted by Gasteiger charge is -2.37. The van der Waals surface area contributed by atoms with Gasteiger partial charge in [-0.15, -0.1) is 0 Å². The van der Waals surface area contributed by atoms with Gasteiger partial charge in [-0.2, -0.15) is 18.3 Å². The molecule has 2 N–H and O–H groups in total. The van der Waals surface area contributed by atoms with Crippen molar-refractivity contribution in [2.24, 2.45) is 0 Å². The summed E-state index contributed by atoms with van der Waals surface area (Å²) in [7, 11) is 1.00. The molecule has 0 aliphatic carbocycles. The molecule has 1 amide bonds. The summed E-state index contributed by atoms with van der Waals surface area (Å²) in [6.07, 6.45) is -6.15. The summed E-state index contributed by atoms with van der Waals surface area (Å²) in [4.78, 5) is 12.0. The molecule has 2 aromatic carbocycles. The number of nitrogens with one attached hydrogen (secondary N) is 2. The Balaban J connectivity index is 2.19. The molecule has 3 aromatic rings. The summed E-state index contributed by atoms with van der Waals surface area (Å²) in [5.41, 5.74) is -1.32. The van der Waals surface area contributed by atoms with Crippen LogP contribution >= 0.6 is 0 Å². The molecule has 1 heterocycles. The van der Waals surface area contributed by atoms with E-state index >= 15 is 0 Å². The molecule has 9 heteroatoms. The lowest BCUT2D eigenvalue weighted by molar-refractivity contribution is -0.189. The minimum atomic E-state index is -4.92. The van der Waals surface area contributed by atoms with E-state index in [1.165, 1.54) is 35.0 Å². The van der Waals surface area contributed by atoms with Crippen LogP contribution in [0.25, 0.3) is 5.69 Å². The fourth-order valence-electron chi connectivity index (χ4n) is 3.04. The van der Waals surface area contributed by atoms with E-state index in [1.54, 1.807) is 44.2 Å². The number of nitrogens with zero attached hydrogens (tertiary/aromatic N) is 2. The zero-order valence-corrected chi connectivity index (χ0v) is 16.6. The average molecular weight is 418 g/mol. The molecule has 1 atom stereocenters. The second kappa shape index (κ2) is 8.10. The maximum absolute atomic E-state index is 14.5. The number of alkyl carbamates (subject to hydrolysis) is 1. The predicted molar refractivity (Wildman–Crippen MR) is 106 cm³/mol. The Kier molecular flexibility index (Phi) is 5.73. The highest BCUT2D eigenvalue weighted by Crippen LogP contribution is 2.40. The van der Waals surface area contributed by atoms with Gasteiger partial charge in [0.2, 0.25) is 5.66 Å². The number of rotatable bonds is 5. The van der Waals surface area contributed by atoms with Crippen LogP contribution in [-0.2, 0) is 10.4 Å². The lowest BCUT2D eigenvalue weighted by Crippen LogP contribution is -2.61. The third kappa shape index (κ3) is 4.10. The third-order valence-corrected chi connectivity index (χ3v) is 4.53. The van der Waals surface area contributed by atoms with Crippen LogP contribution in [0.1, 0.15) is 16.8 Å². The number of carbonyl (C=O) groups excluding carboxylic acids is 1. The number of hydrogen-bond donors (Lipinski definition) is 2. The predicted octanol–water partition coefficient (Wildman–Crippen LogP) is 4.67. The van der Waals surface area contributed by atoms with Crippen molar-refractivity contribution in [3.8, 4) is 5.69 Å². The van der Waals surface area contributed by atoms with Gasteiger partial charge in [-0.05, 0) is 26.0 Å². The van der Waals surface area contributed by atoms with Gasteiger partial charge in [0.15, 0.2) is 0 Å². The number of alkyl halides is 3. The monoisotopic (exact) mass is 418 g/mol. The molecule has 1 unspecified atom stereocenters. The van der Waals surface area contributed by atoms with Crippen molar-refractivity contribution in [3.05, 3.63) is 77.5 Å². The van der Waals surface area contributed by atoms with E-state index in [4.69, 9.17) is 0 Å². The molecule has 0 saturated carbocycles. The van der Waals surface area contributed by atoms with E-state index < -0.39 is 17.9 Å². The third-order valence-electron chi connectivity index (χ3n) is 4.53. The van der Waals surface area contributed by atoms with Crippen LogP contribution in [0.4, 0.5) is 23.8 Å². The quantitative estimate of drug-likeness (QED) is 0.591. The molecule has 30 heavy (non-hydrogen) atoms. The van der Waals surface area contributed by atoms with E-state index in [2.05, 4.69) is 15.2 Å². The number of amides is 1. The molecule has 0 aliphatic heterocycles. The van der Waals surface area contributed by atoms with Crippen LogP contribution < -0.4 is 10.6 Å². The summed E-state index contributed by atoms with van der Waals surface area (Å²) in [6.45, 7) is 3.42. The number of ether oxygens (including phenoxy) is 1. The number of anilines is 1. The van der Waals surface area contributed by atoms with E-state index in [0.717, 1.165) is 12.7 Å². The first kappa shape index (κ1) is 21.2. The van der Waals surface area contributed by atoms with Crippen molar-refractivity contribution in [2.45, 2.75) is 25.7 Å². The van der Waals surface area contributed by atoms with Gasteiger partial charge in [0, 0.05) is 11.6 Å². The maximum atomic E-state index is 14.5. The summed E-state index contributed by atoms with van der Waals surface area (Å²) in [5, 5.41) is 8.74. The largest absolute Gasteiger partial charge is 0.453 e. The van der Waals surface area contributed by atoms with Crippen molar-refractivity contribution in [3.63, 3.8) is 0 Å². The first-order chi connectivity index (χ1) is 14.2. The highest BCUT2D eigenvalue weighted by molar-refractivity contribution is 5.70. The number of para-hydroxylation sites is 1. The van der Waals surface area contributed by atoms with Crippen molar-refractivity contribution < 1.29 is 22.7 Å². The second-order valence-electron chi connectivity index (χ2n) is 6.77. The molecule has 0 radical (unpaired) electrons. The summed E-state index contributed by atoms with van der Waals surface area (Å²) in [6, 6.07) is 15.9. The van der Waals surface area contributed by atoms with Crippen LogP contribution in [-0.4, -0.2) is 29.2 Å². The normalized spacial score (nSPS) is 13.4. The molecule has 1 aromatic heterocycles. The maximum Gasteiger partial charge on any atom is 0.435 e. The molecule has 0 saturated heterocycles. The molecule has 0 fully saturated rings. The van der Waals surface area contributed by atoms with Gasteiger partial charge < -0.3 is 10.1 Å². The molecule has 0 aliphatic rings. The Hall–Kier alpha value is -3.49. The second-order valence-corrected chi connectivity index (χ2v) is 6.77. The fourth-order valence-corrected chi connectivity index (χ4v) is 3.04. The molecule has 3 rings (SSSR count). The van der Waals surface area contributed by atoms with Crippen molar-refractivity contribution >= 4 is 11.9 Å². The zero-order chi connectivity index (χ0) is 21.9.